The molecule has 4 heteroatoms. The van der Waals surface area contributed by atoms with E-state index in [0.29, 0.717) is 0 Å². The van der Waals surface area contributed by atoms with Crippen molar-refractivity contribution in [1.82, 2.24) is 4.98 Å². The Morgan fingerprint density at radius 3 is 1.59 bits per heavy atom. The molecule has 0 aliphatic carbocycles. The predicted molar refractivity (Wildman–Crippen MR) is 188 cm³/mol. The van der Waals surface area contributed by atoms with Gasteiger partial charge in [-0.1, -0.05) is 145 Å². The fourth-order valence-electron chi connectivity index (χ4n) is 6.67. The number of nitrogens with zero attached hydrogens (tertiary/aromatic N) is 3. The molecule has 0 saturated carbocycles. The Balaban J connectivity index is 1.61. The van der Waals surface area contributed by atoms with Gasteiger partial charge in [-0.25, -0.2) is 4.98 Å². The van der Waals surface area contributed by atoms with Gasteiger partial charge in [-0.15, -0.1) is 0 Å². The summed E-state index contributed by atoms with van der Waals surface area (Å²) in [5, 5.41) is 0. The van der Waals surface area contributed by atoms with E-state index in [9.17, 15) is 0 Å². The van der Waals surface area contributed by atoms with Crippen molar-refractivity contribution in [3.63, 3.8) is 0 Å². The Morgan fingerprint density at radius 2 is 1.07 bits per heavy atom. The summed E-state index contributed by atoms with van der Waals surface area (Å²) in [6.07, 6.45) is 1.91. The molecule has 0 unspecified atom stereocenters. The highest BCUT2D eigenvalue weighted by molar-refractivity contribution is 6.67. The highest BCUT2D eigenvalue weighted by Gasteiger charge is 2.50. The molecule has 0 spiro atoms. The SMILES string of the molecule is CB1N(c2ccccn2)[C@@H](c2ccccc2)[C@H](c2ccccc2)N1c1ccccc1-c1cc(C(C)(C)C)cc(C(C)(C)C)c1. The average Bonchev–Trinajstić information content (AvgIpc) is 3.33. The molecule has 2 heterocycles. The molecule has 1 aliphatic rings. The van der Waals surface area contributed by atoms with Gasteiger partial charge in [0.15, 0.2) is 0 Å². The molecule has 222 valence electrons. The maximum atomic E-state index is 4.90. The molecule has 0 bridgehead atoms. The van der Waals surface area contributed by atoms with E-state index in [-0.39, 0.29) is 29.9 Å². The molecule has 1 aromatic heterocycles. The second-order valence-corrected chi connectivity index (χ2v) is 14.2. The Labute approximate surface area is 264 Å². The molecule has 1 fully saturated rings. The lowest BCUT2D eigenvalue weighted by Gasteiger charge is -2.33. The quantitative estimate of drug-likeness (QED) is 0.194. The van der Waals surface area contributed by atoms with Crippen molar-refractivity contribution in [1.29, 1.82) is 0 Å². The lowest BCUT2D eigenvalue weighted by Crippen LogP contribution is -2.42. The normalized spacial score (nSPS) is 17.3. The fraction of sp³-hybridized carbons (Fsp3) is 0.275. The molecule has 0 amide bonds. The summed E-state index contributed by atoms with van der Waals surface area (Å²) < 4.78 is 0. The third-order valence-electron chi connectivity index (χ3n) is 9.06. The maximum Gasteiger partial charge on any atom is 0.374 e. The van der Waals surface area contributed by atoms with Crippen LogP contribution < -0.4 is 9.62 Å². The van der Waals surface area contributed by atoms with Gasteiger partial charge in [-0.3, -0.25) is 0 Å². The van der Waals surface area contributed by atoms with Gasteiger partial charge in [0.1, 0.15) is 5.82 Å². The van der Waals surface area contributed by atoms with Crippen molar-refractivity contribution >= 4 is 18.5 Å². The molecule has 0 N–H and O–H groups in total. The van der Waals surface area contributed by atoms with Crippen LogP contribution in [0.25, 0.3) is 11.1 Å². The zero-order valence-electron chi connectivity index (χ0n) is 27.2. The fourth-order valence-corrected chi connectivity index (χ4v) is 6.67. The van der Waals surface area contributed by atoms with Crippen LogP contribution in [-0.2, 0) is 10.8 Å². The largest absolute Gasteiger partial charge is 0.387 e. The topological polar surface area (TPSA) is 19.4 Å². The zero-order valence-corrected chi connectivity index (χ0v) is 27.2. The van der Waals surface area contributed by atoms with Gasteiger partial charge in [0.2, 0.25) is 0 Å². The molecule has 1 saturated heterocycles. The summed E-state index contributed by atoms with van der Waals surface area (Å²) in [5.74, 6) is 0.986. The minimum absolute atomic E-state index is 0.0344. The maximum absolute atomic E-state index is 4.90. The van der Waals surface area contributed by atoms with E-state index < -0.39 is 0 Å². The van der Waals surface area contributed by atoms with E-state index >= 15 is 0 Å². The number of rotatable bonds is 5. The third kappa shape index (κ3) is 5.66. The summed E-state index contributed by atoms with van der Waals surface area (Å²) in [7, 11) is 0. The molecule has 1 aliphatic heterocycles. The van der Waals surface area contributed by atoms with Crippen LogP contribution in [0.15, 0.2) is 128 Å². The van der Waals surface area contributed by atoms with Crippen molar-refractivity contribution in [2.75, 3.05) is 9.62 Å². The molecular formula is C40H44BN3. The lowest BCUT2D eigenvalue weighted by molar-refractivity contribution is 0.569. The summed E-state index contributed by atoms with van der Waals surface area (Å²) in [6.45, 7) is 16.2. The van der Waals surface area contributed by atoms with Crippen molar-refractivity contribution in [3.05, 3.63) is 150 Å². The summed E-state index contributed by atoms with van der Waals surface area (Å²) in [5.41, 5.74) is 9.13. The average molecular weight is 578 g/mol. The Kier molecular flexibility index (Phi) is 7.88. The van der Waals surface area contributed by atoms with Gasteiger partial charge in [-0.05, 0) is 63.7 Å². The molecule has 6 rings (SSSR count). The first-order valence-electron chi connectivity index (χ1n) is 15.9. The first-order valence-corrected chi connectivity index (χ1v) is 15.9. The van der Waals surface area contributed by atoms with Gasteiger partial charge in [0.25, 0.3) is 0 Å². The summed E-state index contributed by atoms with van der Waals surface area (Å²) >= 11 is 0. The van der Waals surface area contributed by atoms with Crippen molar-refractivity contribution < 1.29 is 0 Å². The highest BCUT2D eigenvalue weighted by atomic mass is 15.4. The second kappa shape index (κ2) is 11.7. The van der Waals surface area contributed by atoms with E-state index in [1.807, 2.05) is 12.3 Å². The second-order valence-electron chi connectivity index (χ2n) is 14.2. The minimum atomic E-state index is 0.0344. The Bertz CT molecular complexity index is 1670. The van der Waals surface area contributed by atoms with Crippen LogP contribution in [0, 0.1) is 0 Å². The van der Waals surface area contributed by atoms with Gasteiger partial charge in [0.05, 0.1) is 12.1 Å². The summed E-state index contributed by atoms with van der Waals surface area (Å²) in [4.78, 5) is 10.0. The number of para-hydroxylation sites is 1. The Hall–Kier alpha value is -4.31. The predicted octanol–water partition coefficient (Wildman–Crippen LogP) is 10.3. The minimum Gasteiger partial charge on any atom is -0.387 e. The number of aromatic nitrogens is 1. The van der Waals surface area contributed by atoms with Crippen molar-refractivity contribution in [3.8, 4) is 11.1 Å². The number of benzene rings is 4. The van der Waals surface area contributed by atoms with E-state index in [2.05, 4.69) is 173 Å². The van der Waals surface area contributed by atoms with Crippen LogP contribution in [0.3, 0.4) is 0 Å². The third-order valence-corrected chi connectivity index (χ3v) is 9.06. The first kappa shape index (κ1) is 29.8. The monoisotopic (exact) mass is 577 g/mol. The van der Waals surface area contributed by atoms with Crippen LogP contribution >= 0.6 is 0 Å². The molecule has 0 radical (unpaired) electrons. The molecule has 44 heavy (non-hydrogen) atoms. The smallest absolute Gasteiger partial charge is 0.374 e. The molecule has 2 atom stereocenters. The van der Waals surface area contributed by atoms with Crippen LogP contribution in [0.1, 0.15) is 75.9 Å². The summed E-state index contributed by atoms with van der Waals surface area (Å²) in [6, 6.07) is 44.5. The lowest BCUT2D eigenvalue weighted by atomic mass is 9.74. The molecular weight excluding hydrogens is 533 g/mol. The van der Waals surface area contributed by atoms with Crippen LogP contribution in [0.2, 0.25) is 6.82 Å². The van der Waals surface area contributed by atoms with Gasteiger partial charge in [0, 0.05) is 17.4 Å². The van der Waals surface area contributed by atoms with E-state index in [1.165, 1.54) is 39.1 Å². The standard InChI is InChI=1S/C40H44BN3/c1-39(2,3)32-26-31(27-33(28-32)40(4,5)6)34-22-14-15-23-35(34)43-37(29-18-10-8-11-19-29)38(30-20-12-9-13-21-30)44(41(43)7)36-24-16-17-25-42-36/h8-28,37-38H,1-7H3/t37-,38-/m0/s1. The van der Waals surface area contributed by atoms with E-state index in [1.54, 1.807) is 0 Å². The van der Waals surface area contributed by atoms with Crippen molar-refractivity contribution in [2.24, 2.45) is 0 Å². The number of hydrogen-bond donors (Lipinski definition) is 0. The van der Waals surface area contributed by atoms with Crippen LogP contribution in [-0.4, -0.2) is 12.0 Å². The van der Waals surface area contributed by atoms with E-state index in [4.69, 9.17) is 4.98 Å². The molecule has 5 aromatic rings. The Morgan fingerprint density at radius 1 is 0.568 bits per heavy atom. The molecule has 3 nitrogen and oxygen atoms in total. The number of pyridine rings is 1. The van der Waals surface area contributed by atoms with Crippen molar-refractivity contribution in [2.45, 2.75) is 71.3 Å². The molecule has 4 aromatic carbocycles. The number of anilines is 2. The van der Waals surface area contributed by atoms with Gasteiger partial charge < -0.3 is 9.62 Å². The van der Waals surface area contributed by atoms with E-state index in [0.717, 1.165) is 5.82 Å². The van der Waals surface area contributed by atoms with Crippen LogP contribution in [0.4, 0.5) is 11.5 Å². The van der Waals surface area contributed by atoms with Gasteiger partial charge >= 0.3 is 6.98 Å². The highest BCUT2D eigenvalue weighted by Crippen LogP contribution is 2.51. The zero-order chi connectivity index (χ0) is 31.1. The number of hydrogen-bond acceptors (Lipinski definition) is 3. The van der Waals surface area contributed by atoms with Gasteiger partial charge in [-0.2, -0.15) is 0 Å². The first-order chi connectivity index (χ1) is 21.0. The van der Waals surface area contributed by atoms with Crippen LogP contribution in [0.5, 0.6) is 0 Å².